The summed E-state index contributed by atoms with van der Waals surface area (Å²) >= 11 is 0. The van der Waals surface area contributed by atoms with E-state index >= 15 is 0 Å². The van der Waals surface area contributed by atoms with E-state index in [2.05, 4.69) is 65.8 Å². The van der Waals surface area contributed by atoms with Crippen LogP contribution in [0.25, 0.3) is 10.8 Å². The second-order valence-electron chi connectivity index (χ2n) is 7.10. The Morgan fingerprint density at radius 1 is 0.600 bits per heavy atom. The molecule has 0 radical (unpaired) electrons. The standard InChI is InChI=1S/C18H24O2/c1-17(2,3)19-15-9-7-14-12-16(20-18(4,5)6)10-8-13(14)11-15/h7-12H,1-6H3. The normalized spacial score (nSPS) is 12.5. The number of hydrogen-bond acceptors (Lipinski definition) is 2. The fourth-order valence-electron chi connectivity index (χ4n) is 2.04. The summed E-state index contributed by atoms with van der Waals surface area (Å²) in [5.41, 5.74) is -0.355. The van der Waals surface area contributed by atoms with Gasteiger partial charge in [0, 0.05) is 0 Å². The maximum absolute atomic E-state index is 5.89. The van der Waals surface area contributed by atoms with E-state index in [1.54, 1.807) is 0 Å². The van der Waals surface area contributed by atoms with Crippen LogP contribution in [-0.4, -0.2) is 11.2 Å². The number of benzene rings is 2. The van der Waals surface area contributed by atoms with Crippen molar-refractivity contribution in [2.24, 2.45) is 0 Å². The van der Waals surface area contributed by atoms with E-state index in [1.165, 1.54) is 0 Å². The molecule has 2 aromatic carbocycles. The van der Waals surface area contributed by atoms with Gasteiger partial charge in [-0.25, -0.2) is 0 Å². The number of hydrogen-bond donors (Lipinski definition) is 0. The van der Waals surface area contributed by atoms with Crippen molar-refractivity contribution >= 4 is 10.8 Å². The van der Waals surface area contributed by atoms with Crippen molar-refractivity contribution in [3.63, 3.8) is 0 Å². The van der Waals surface area contributed by atoms with Crippen molar-refractivity contribution in [2.75, 3.05) is 0 Å². The van der Waals surface area contributed by atoms with E-state index in [-0.39, 0.29) is 11.2 Å². The summed E-state index contributed by atoms with van der Waals surface area (Å²) < 4.78 is 11.8. The first-order chi connectivity index (χ1) is 9.12. The summed E-state index contributed by atoms with van der Waals surface area (Å²) in [5, 5.41) is 2.32. The Labute approximate surface area is 121 Å². The zero-order chi connectivity index (χ0) is 15.0. The molecule has 0 N–H and O–H groups in total. The highest BCUT2D eigenvalue weighted by molar-refractivity contribution is 5.85. The third-order valence-electron chi connectivity index (χ3n) is 2.63. The van der Waals surface area contributed by atoms with E-state index in [9.17, 15) is 0 Å². The first-order valence-electron chi connectivity index (χ1n) is 7.04. The van der Waals surface area contributed by atoms with E-state index in [0.717, 1.165) is 22.3 Å². The van der Waals surface area contributed by atoms with Crippen molar-refractivity contribution in [1.29, 1.82) is 0 Å². The van der Waals surface area contributed by atoms with Gasteiger partial charge in [0.15, 0.2) is 0 Å². The second kappa shape index (κ2) is 5.01. The smallest absolute Gasteiger partial charge is 0.120 e. The molecular weight excluding hydrogens is 248 g/mol. The molecule has 0 heterocycles. The average molecular weight is 272 g/mol. The average Bonchev–Trinajstić information content (AvgIpc) is 2.25. The first kappa shape index (κ1) is 14.7. The van der Waals surface area contributed by atoms with Gasteiger partial charge in [0.05, 0.1) is 0 Å². The number of ether oxygens (including phenoxy) is 2. The van der Waals surface area contributed by atoms with Gasteiger partial charge in [0.1, 0.15) is 22.7 Å². The zero-order valence-electron chi connectivity index (χ0n) is 13.3. The highest BCUT2D eigenvalue weighted by atomic mass is 16.5. The Bertz CT molecular complexity index is 546. The second-order valence-corrected chi connectivity index (χ2v) is 7.10. The van der Waals surface area contributed by atoms with Gasteiger partial charge in [-0.15, -0.1) is 0 Å². The van der Waals surface area contributed by atoms with Gasteiger partial charge in [0.25, 0.3) is 0 Å². The van der Waals surface area contributed by atoms with Gasteiger partial charge in [-0.3, -0.25) is 0 Å². The minimum absolute atomic E-state index is 0.178. The van der Waals surface area contributed by atoms with Gasteiger partial charge in [-0.05, 0) is 76.6 Å². The fourth-order valence-corrected chi connectivity index (χ4v) is 2.04. The van der Waals surface area contributed by atoms with Crippen LogP contribution >= 0.6 is 0 Å². The van der Waals surface area contributed by atoms with Crippen molar-refractivity contribution < 1.29 is 9.47 Å². The molecule has 2 nitrogen and oxygen atoms in total. The molecule has 0 aliphatic heterocycles. The summed E-state index contributed by atoms with van der Waals surface area (Å²) in [7, 11) is 0. The summed E-state index contributed by atoms with van der Waals surface area (Å²) in [5.74, 6) is 1.80. The predicted octanol–water partition coefficient (Wildman–Crippen LogP) is 5.19. The third kappa shape index (κ3) is 4.16. The lowest BCUT2D eigenvalue weighted by Crippen LogP contribution is -2.23. The molecule has 108 valence electrons. The lowest BCUT2D eigenvalue weighted by Gasteiger charge is -2.22. The molecule has 2 aromatic rings. The summed E-state index contributed by atoms with van der Waals surface area (Å²) in [6.45, 7) is 12.3. The first-order valence-corrected chi connectivity index (χ1v) is 7.04. The maximum Gasteiger partial charge on any atom is 0.120 e. The molecule has 0 atom stereocenters. The van der Waals surface area contributed by atoms with E-state index in [0.29, 0.717) is 0 Å². The monoisotopic (exact) mass is 272 g/mol. The molecule has 0 spiro atoms. The van der Waals surface area contributed by atoms with Crippen molar-refractivity contribution in [3.05, 3.63) is 36.4 Å². The summed E-state index contributed by atoms with van der Waals surface area (Å²) in [6, 6.07) is 12.3. The van der Waals surface area contributed by atoms with Crippen molar-refractivity contribution in [3.8, 4) is 11.5 Å². The van der Waals surface area contributed by atoms with Gasteiger partial charge in [-0.2, -0.15) is 0 Å². The lowest BCUT2D eigenvalue weighted by atomic mass is 10.1. The van der Waals surface area contributed by atoms with E-state index < -0.39 is 0 Å². The Morgan fingerprint density at radius 2 is 0.950 bits per heavy atom. The predicted molar refractivity (Wildman–Crippen MR) is 84.7 cm³/mol. The highest BCUT2D eigenvalue weighted by Gasteiger charge is 2.13. The molecule has 0 saturated carbocycles. The Morgan fingerprint density at radius 3 is 1.25 bits per heavy atom. The topological polar surface area (TPSA) is 18.5 Å². The zero-order valence-corrected chi connectivity index (χ0v) is 13.3. The maximum atomic E-state index is 5.89. The van der Waals surface area contributed by atoms with Crippen LogP contribution < -0.4 is 9.47 Å². The van der Waals surface area contributed by atoms with Crippen molar-refractivity contribution in [2.45, 2.75) is 52.7 Å². The van der Waals surface area contributed by atoms with Crippen LogP contribution in [0.2, 0.25) is 0 Å². The molecule has 0 amide bonds. The SMILES string of the molecule is CC(C)(C)Oc1ccc2cc(OC(C)(C)C)ccc2c1. The van der Waals surface area contributed by atoms with Crippen LogP contribution in [0.5, 0.6) is 11.5 Å². The Balaban J connectivity index is 2.30. The molecule has 0 aromatic heterocycles. The minimum atomic E-state index is -0.178. The number of fused-ring (bicyclic) bond motifs is 1. The third-order valence-corrected chi connectivity index (χ3v) is 2.63. The summed E-state index contributed by atoms with van der Waals surface area (Å²) in [6.07, 6.45) is 0. The van der Waals surface area contributed by atoms with Crippen LogP contribution in [-0.2, 0) is 0 Å². The van der Waals surface area contributed by atoms with Gasteiger partial charge < -0.3 is 9.47 Å². The molecule has 0 saturated heterocycles. The van der Waals surface area contributed by atoms with Crippen LogP contribution in [0.1, 0.15) is 41.5 Å². The van der Waals surface area contributed by atoms with Crippen LogP contribution in [0, 0.1) is 0 Å². The van der Waals surface area contributed by atoms with Gasteiger partial charge >= 0.3 is 0 Å². The molecular formula is C18H24O2. The quantitative estimate of drug-likeness (QED) is 0.748. The molecule has 0 unspecified atom stereocenters. The Kier molecular flexibility index (Phi) is 3.68. The highest BCUT2D eigenvalue weighted by Crippen LogP contribution is 2.28. The van der Waals surface area contributed by atoms with Gasteiger partial charge in [0.2, 0.25) is 0 Å². The number of rotatable bonds is 2. The van der Waals surface area contributed by atoms with Gasteiger partial charge in [-0.1, -0.05) is 12.1 Å². The molecule has 2 rings (SSSR count). The van der Waals surface area contributed by atoms with Crippen LogP contribution in [0.15, 0.2) is 36.4 Å². The molecule has 2 heteroatoms. The van der Waals surface area contributed by atoms with E-state index in [4.69, 9.17) is 9.47 Å². The Hall–Kier alpha value is -1.70. The molecule has 0 fully saturated rings. The largest absolute Gasteiger partial charge is 0.488 e. The fraction of sp³-hybridized carbons (Fsp3) is 0.444. The van der Waals surface area contributed by atoms with Crippen LogP contribution in [0.4, 0.5) is 0 Å². The molecule has 20 heavy (non-hydrogen) atoms. The molecule has 0 bridgehead atoms. The molecule has 0 aliphatic rings. The van der Waals surface area contributed by atoms with Crippen LogP contribution in [0.3, 0.4) is 0 Å². The minimum Gasteiger partial charge on any atom is -0.488 e. The van der Waals surface area contributed by atoms with E-state index in [1.807, 2.05) is 12.1 Å². The summed E-state index contributed by atoms with van der Waals surface area (Å²) in [4.78, 5) is 0. The molecule has 0 aliphatic carbocycles. The lowest BCUT2D eigenvalue weighted by molar-refractivity contribution is 0.130. The van der Waals surface area contributed by atoms with Crippen molar-refractivity contribution in [1.82, 2.24) is 0 Å².